The summed E-state index contributed by atoms with van der Waals surface area (Å²) in [6.07, 6.45) is 1.71. The van der Waals surface area contributed by atoms with Crippen LogP contribution in [0.5, 0.6) is 0 Å². The Morgan fingerprint density at radius 1 is 1.00 bits per heavy atom. The second-order valence-corrected chi connectivity index (χ2v) is 5.98. The Morgan fingerprint density at radius 2 is 1.69 bits per heavy atom. The van der Waals surface area contributed by atoms with Gasteiger partial charge in [-0.2, -0.15) is 0 Å². The molecular weight excluding hydrogens is 330 g/mol. The molecule has 3 aromatic rings. The fourth-order valence-electron chi connectivity index (χ4n) is 2.88. The van der Waals surface area contributed by atoms with Crippen LogP contribution in [0.1, 0.15) is 18.4 Å². The highest BCUT2D eigenvalue weighted by atomic mass is 16.2. The molecule has 132 valence electrons. The molecule has 0 radical (unpaired) electrons. The standard InChI is InChI=1S/C20H19N3O3/c21-20(26)23-17-11-5-4-10-15(17)13-16(19(23)25)22-18(24)12-6-9-14-7-2-1-3-8-14/h1-5,7-8,10-11,13H,6,9,12H2,(H2,21,26)(H,22,24). The molecule has 0 bridgehead atoms. The first kappa shape index (κ1) is 17.4. The minimum absolute atomic E-state index is 0.0483. The summed E-state index contributed by atoms with van der Waals surface area (Å²) < 4.78 is 0.870. The lowest BCUT2D eigenvalue weighted by Gasteiger charge is -2.10. The number of anilines is 1. The lowest BCUT2D eigenvalue weighted by molar-refractivity contribution is -0.116. The van der Waals surface area contributed by atoms with Crippen molar-refractivity contribution in [2.75, 3.05) is 5.32 Å². The van der Waals surface area contributed by atoms with Gasteiger partial charge in [-0.05, 0) is 30.5 Å². The summed E-state index contributed by atoms with van der Waals surface area (Å²) in [6.45, 7) is 0. The number of carbonyl (C=O) groups is 2. The quantitative estimate of drug-likeness (QED) is 0.741. The van der Waals surface area contributed by atoms with Crippen LogP contribution < -0.4 is 16.6 Å². The lowest BCUT2D eigenvalue weighted by atomic mass is 10.1. The van der Waals surface area contributed by atoms with Gasteiger partial charge in [-0.25, -0.2) is 9.36 Å². The minimum atomic E-state index is -0.883. The van der Waals surface area contributed by atoms with Gasteiger partial charge in [-0.15, -0.1) is 0 Å². The number of aryl methyl sites for hydroxylation is 1. The molecule has 6 heteroatoms. The average molecular weight is 349 g/mol. The minimum Gasteiger partial charge on any atom is -0.351 e. The summed E-state index contributed by atoms with van der Waals surface area (Å²) >= 11 is 0. The van der Waals surface area contributed by atoms with E-state index in [1.54, 1.807) is 30.3 Å². The van der Waals surface area contributed by atoms with Gasteiger partial charge < -0.3 is 11.1 Å². The van der Waals surface area contributed by atoms with Crippen LogP contribution in [0.4, 0.5) is 10.5 Å². The van der Waals surface area contributed by atoms with Gasteiger partial charge >= 0.3 is 6.03 Å². The van der Waals surface area contributed by atoms with Crippen molar-refractivity contribution in [2.45, 2.75) is 19.3 Å². The second kappa shape index (κ2) is 7.65. The normalized spacial score (nSPS) is 10.6. The summed E-state index contributed by atoms with van der Waals surface area (Å²) in [7, 11) is 0. The Labute approximate surface area is 150 Å². The molecular formula is C20H19N3O3. The molecule has 0 saturated heterocycles. The first-order chi connectivity index (χ1) is 12.6. The van der Waals surface area contributed by atoms with E-state index in [2.05, 4.69) is 5.32 Å². The summed E-state index contributed by atoms with van der Waals surface area (Å²) in [4.78, 5) is 36.4. The Morgan fingerprint density at radius 3 is 2.42 bits per heavy atom. The molecule has 1 heterocycles. The molecule has 2 aromatic carbocycles. The van der Waals surface area contributed by atoms with E-state index >= 15 is 0 Å². The Hall–Kier alpha value is -3.41. The second-order valence-electron chi connectivity index (χ2n) is 5.98. The number of hydrogen-bond acceptors (Lipinski definition) is 3. The van der Waals surface area contributed by atoms with Crippen LogP contribution in [0.3, 0.4) is 0 Å². The highest BCUT2D eigenvalue weighted by Gasteiger charge is 2.14. The maximum absolute atomic E-state index is 12.5. The third-order valence-electron chi connectivity index (χ3n) is 4.12. The van der Waals surface area contributed by atoms with Crippen LogP contribution >= 0.6 is 0 Å². The zero-order valence-electron chi connectivity index (χ0n) is 14.1. The molecule has 3 rings (SSSR count). The first-order valence-electron chi connectivity index (χ1n) is 8.34. The SMILES string of the molecule is NC(=O)n1c(=O)c(NC(=O)CCCc2ccccc2)cc2ccccc21. The molecule has 0 fully saturated rings. The fraction of sp³-hybridized carbons (Fsp3) is 0.150. The van der Waals surface area contributed by atoms with Crippen LogP contribution in [-0.2, 0) is 11.2 Å². The van der Waals surface area contributed by atoms with Crippen LogP contribution in [0, 0.1) is 0 Å². The van der Waals surface area contributed by atoms with Crippen LogP contribution in [0.2, 0.25) is 0 Å². The van der Waals surface area contributed by atoms with Crippen LogP contribution in [0.25, 0.3) is 10.9 Å². The van der Waals surface area contributed by atoms with Gasteiger partial charge in [0.2, 0.25) is 5.91 Å². The number of para-hydroxylation sites is 1. The maximum atomic E-state index is 12.5. The number of nitrogens with two attached hydrogens (primary N) is 1. The van der Waals surface area contributed by atoms with E-state index in [4.69, 9.17) is 5.73 Å². The van der Waals surface area contributed by atoms with Crippen molar-refractivity contribution < 1.29 is 9.59 Å². The fourth-order valence-corrected chi connectivity index (χ4v) is 2.88. The molecule has 1 aromatic heterocycles. The van der Waals surface area contributed by atoms with E-state index in [-0.39, 0.29) is 18.0 Å². The van der Waals surface area contributed by atoms with Gasteiger partial charge in [-0.1, -0.05) is 48.5 Å². The molecule has 0 aliphatic rings. The van der Waals surface area contributed by atoms with Crippen molar-refractivity contribution in [3.8, 4) is 0 Å². The van der Waals surface area contributed by atoms with E-state index in [9.17, 15) is 14.4 Å². The van der Waals surface area contributed by atoms with Crippen molar-refractivity contribution >= 4 is 28.5 Å². The zero-order valence-corrected chi connectivity index (χ0v) is 14.1. The predicted molar refractivity (Wildman–Crippen MR) is 101 cm³/mol. The number of fused-ring (bicyclic) bond motifs is 1. The number of amides is 2. The monoisotopic (exact) mass is 349 g/mol. The molecule has 0 saturated carbocycles. The molecule has 0 atom stereocenters. The van der Waals surface area contributed by atoms with Crippen molar-refractivity contribution in [1.29, 1.82) is 0 Å². The largest absolute Gasteiger partial charge is 0.351 e. The maximum Gasteiger partial charge on any atom is 0.326 e. The van der Waals surface area contributed by atoms with Gasteiger partial charge in [0.15, 0.2) is 0 Å². The van der Waals surface area contributed by atoms with Gasteiger partial charge in [0.05, 0.1) is 5.52 Å². The summed E-state index contributed by atoms with van der Waals surface area (Å²) in [5.74, 6) is -0.274. The third-order valence-corrected chi connectivity index (χ3v) is 4.12. The first-order valence-corrected chi connectivity index (χ1v) is 8.34. The molecule has 0 aliphatic heterocycles. The molecule has 6 nitrogen and oxygen atoms in total. The lowest BCUT2D eigenvalue weighted by Crippen LogP contribution is -2.34. The number of pyridine rings is 1. The van der Waals surface area contributed by atoms with E-state index in [0.29, 0.717) is 17.3 Å². The molecule has 0 aliphatic carbocycles. The Balaban J connectivity index is 1.76. The molecule has 3 N–H and O–H groups in total. The van der Waals surface area contributed by atoms with Crippen LogP contribution in [-0.4, -0.2) is 16.5 Å². The molecule has 0 spiro atoms. The molecule has 2 amide bonds. The van der Waals surface area contributed by atoms with E-state index in [1.807, 2.05) is 30.3 Å². The van der Waals surface area contributed by atoms with Crippen molar-refractivity contribution in [3.63, 3.8) is 0 Å². The summed E-state index contributed by atoms with van der Waals surface area (Å²) in [5.41, 5.74) is 6.32. The number of benzene rings is 2. The van der Waals surface area contributed by atoms with E-state index in [0.717, 1.165) is 16.6 Å². The zero-order chi connectivity index (χ0) is 18.5. The number of rotatable bonds is 5. The van der Waals surface area contributed by atoms with Crippen molar-refractivity contribution in [1.82, 2.24) is 4.57 Å². The van der Waals surface area contributed by atoms with E-state index in [1.165, 1.54) is 0 Å². The highest BCUT2D eigenvalue weighted by Crippen LogP contribution is 2.16. The number of nitrogens with one attached hydrogen (secondary N) is 1. The number of aromatic nitrogens is 1. The third kappa shape index (κ3) is 3.80. The number of nitrogens with zero attached hydrogens (tertiary/aromatic N) is 1. The summed E-state index contributed by atoms with van der Waals surface area (Å²) in [5, 5.41) is 3.25. The average Bonchev–Trinajstić information content (AvgIpc) is 2.63. The summed E-state index contributed by atoms with van der Waals surface area (Å²) in [6, 6.07) is 17.4. The molecule has 0 unspecified atom stereocenters. The van der Waals surface area contributed by atoms with Gasteiger partial charge in [0.1, 0.15) is 5.69 Å². The van der Waals surface area contributed by atoms with Gasteiger partial charge in [-0.3, -0.25) is 9.59 Å². The van der Waals surface area contributed by atoms with Crippen LogP contribution in [0.15, 0.2) is 65.5 Å². The number of carbonyl (C=O) groups excluding carboxylic acids is 2. The number of primary amides is 1. The molecule has 26 heavy (non-hydrogen) atoms. The Bertz CT molecular complexity index is 1010. The van der Waals surface area contributed by atoms with Gasteiger partial charge in [0, 0.05) is 11.8 Å². The van der Waals surface area contributed by atoms with Crippen molar-refractivity contribution in [2.24, 2.45) is 5.73 Å². The highest BCUT2D eigenvalue weighted by molar-refractivity contribution is 5.96. The van der Waals surface area contributed by atoms with Crippen molar-refractivity contribution in [3.05, 3.63) is 76.6 Å². The Kier molecular flexibility index (Phi) is 5.12. The van der Waals surface area contributed by atoms with Gasteiger partial charge in [0.25, 0.3) is 5.56 Å². The topological polar surface area (TPSA) is 94.2 Å². The smallest absolute Gasteiger partial charge is 0.326 e. The number of hydrogen-bond donors (Lipinski definition) is 2. The van der Waals surface area contributed by atoms with E-state index < -0.39 is 11.6 Å². The predicted octanol–water partition coefficient (Wildman–Crippen LogP) is 2.89.